The number of H-pyrrole nitrogens is 1. The molecule has 2 aromatic rings. The number of hydrogen-bond acceptors (Lipinski definition) is 5. The zero-order chi connectivity index (χ0) is 14.6. The zero-order valence-electron chi connectivity index (χ0n) is 10.7. The molecule has 0 aliphatic heterocycles. The lowest BCUT2D eigenvalue weighted by Gasteiger charge is -2.16. The van der Waals surface area contributed by atoms with E-state index in [-0.39, 0.29) is 17.3 Å². The van der Waals surface area contributed by atoms with Gasteiger partial charge in [-0.25, -0.2) is 13.1 Å². The molecule has 7 nitrogen and oxygen atoms in total. The molecule has 0 saturated heterocycles. The number of aromatic nitrogens is 2. The minimum absolute atomic E-state index is 0.0334. The van der Waals surface area contributed by atoms with Crippen LogP contribution in [0.15, 0.2) is 41.4 Å². The molecule has 0 saturated carbocycles. The van der Waals surface area contributed by atoms with Crippen LogP contribution < -0.4 is 10.5 Å². The Labute approximate surface area is 116 Å². The monoisotopic (exact) mass is 296 g/mol. The highest BCUT2D eigenvalue weighted by Crippen LogP contribution is 2.15. The summed E-state index contributed by atoms with van der Waals surface area (Å²) in [6.45, 7) is -0.314. The van der Waals surface area contributed by atoms with E-state index in [0.717, 1.165) is 11.8 Å². The van der Waals surface area contributed by atoms with Crippen LogP contribution in [-0.2, 0) is 16.4 Å². The fourth-order valence-corrected chi connectivity index (χ4v) is 3.07. The standard InChI is InChI=1S/C12H16N4O3S/c13-12-11(7-14-15-12)20(18,19)16-10(8-17)6-9-4-2-1-3-5-9/h1-5,7,10,16-17H,6,8H2,(H3,13,14,15)/t10-/m1/s1. The fourth-order valence-electron chi connectivity index (χ4n) is 1.82. The first-order valence-electron chi connectivity index (χ1n) is 5.99. The molecule has 0 aliphatic rings. The predicted molar refractivity (Wildman–Crippen MR) is 74.3 cm³/mol. The van der Waals surface area contributed by atoms with Gasteiger partial charge >= 0.3 is 0 Å². The van der Waals surface area contributed by atoms with Crippen LogP contribution in [-0.4, -0.2) is 36.4 Å². The summed E-state index contributed by atoms with van der Waals surface area (Å²) >= 11 is 0. The lowest BCUT2D eigenvalue weighted by atomic mass is 10.1. The zero-order valence-corrected chi connectivity index (χ0v) is 11.5. The van der Waals surface area contributed by atoms with Crippen LogP contribution in [0.1, 0.15) is 5.56 Å². The average molecular weight is 296 g/mol. The van der Waals surface area contributed by atoms with Crippen molar-refractivity contribution in [2.24, 2.45) is 0 Å². The van der Waals surface area contributed by atoms with Crippen molar-refractivity contribution in [1.82, 2.24) is 14.9 Å². The van der Waals surface area contributed by atoms with Crippen molar-refractivity contribution in [2.45, 2.75) is 17.4 Å². The number of aromatic amines is 1. The van der Waals surface area contributed by atoms with Crippen LogP contribution >= 0.6 is 0 Å². The van der Waals surface area contributed by atoms with Gasteiger partial charge in [0.2, 0.25) is 10.0 Å². The summed E-state index contributed by atoms with van der Waals surface area (Å²) < 4.78 is 26.6. The Balaban J connectivity index is 2.12. The number of hydrogen-bond donors (Lipinski definition) is 4. The third-order valence-corrected chi connectivity index (χ3v) is 4.34. The molecule has 20 heavy (non-hydrogen) atoms. The SMILES string of the molecule is Nc1[nH]ncc1S(=O)(=O)N[C@@H](CO)Cc1ccccc1. The van der Waals surface area contributed by atoms with Crippen molar-refractivity contribution in [1.29, 1.82) is 0 Å². The maximum Gasteiger partial charge on any atom is 0.246 e. The molecule has 0 amide bonds. The number of aliphatic hydroxyl groups excluding tert-OH is 1. The van der Waals surface area contributed by atoms with Gasteiger partial charge in [0.05, 0.1) is 12.8 Å². The van der Waals surface area contributed by atoms with Crippen molar-refractivity contribution >= 4 is 15.8 Å². The number of nitrogens with zero attached hydrogens (tertiary/aromatic N) is 1. The lowest BCUT2D eigenvalue weighted by Crippen LogP contribution is -2.39. The molecule has 1 aromatic carbocycles. The van der Waals surface area contributed by atoms with Crippen LogP contribution in [0.4, 0.5) is 5.82 Å². The highest BCUT2D eigenvalue weighted by Gasteiger charge is 2.23. The Kier molecular flexibility index (Phi) is 4.38. The second kappa shape index (κ2) is 6.04. The van der Waals surface area contributed by atoms with E-state index in [2.05, 4.69) is 14.9 Å². The van der Waals surface area contributed by atoms with Crippen molar-refractivity contribution in [3.05, 3.63) is 42.1 Å². The minimum Gasteiger partial charge on any atom is -0.395 e. The van der Waals surface area contributed by atoms with E-state index in [1.54, 1.807) is 0 Å². The van der Waals surface area contributed by atoms with E-state index in [1.165, 1.54) is 0 Å². The maximum absolute atomic E-state index is 12.1. The Hall–Kier alpha value is -1.90. The molecule has 0 bridgehead atoms. The normalized spacial score (nSPS) is 13.2. The molecule has 0 fully saturated rings. The number of nitrogens with one attached hydrogen (secondary N) is 2. The van der Waals surface area contributed by atoms with Gasteiger partial charge in [0.25, 0.3) is 0 Å². The van der Waals surface area contributed by atoms with Gasteiger partial charge < -0.3 is 10.8 Å². The van der Waals surface area contributed by atoms with E-state index in [9.17, 15) is 13.5 Å². The molecular weight excluding hydrogens is 280 g/mol. The van der Waals surface area contributed by atoms with Crippen molar-refractivity contribution < 1.29 is 13.5 Å². The first-order chi connectivity index (χ1) is 9.53. The Morgan fingerprint density at radius 1 is 1.35 bits per heavy atom. The van der Waals surface area contributed by atoms with Gasteiger partial charge in [-0.15, -0.1) is 0 Å². The van der Waals surface area contributed by atoms with E-state index in [0.29, 0.717) is 6.42 Å². The first-order valence-corrected chi connectivity index (χ1v) is 7.47. The second-order valence-corrected chi connectivity index (χ2v) is 6.02. The summed E-state index contributed by atoms with van der Waals surface area (Å²) in [4.78, 5) is -0.121. The number of nitrogen functional groups attached to an aromatic ring is 1. The molecular formula is C12H16N4O3S. The molecule has 5 N–H and O–H groups in total. The van der Waals surface area contributed by atoms with Gasteiger partial charge in [0.15, 0.2) is 0 Å². The summed E-state index contributed by atoms with van der Waals surface area (Å²) in [6.07, 6.45) is 1.52. The molecule has 2 rings (SSSR count). The van der Waals surface area contributed by atoms with Gasteiger partial charge in [-0.05, 0) is 12.0 Å². The van der Waals surface area contributed by atoms with Gasteiger partial charge in [-0.2, -0.15) is 5.10 Å². The van der Waals surface area contributed by atoms with E-state index in [4.69, 9.17) is 5.73 Å². The number of nitrogens with two attached hydrogens (primary N) is 1. The molecule has 0 spiro atoms. The molecule has 1 atom stereocenters. The minimum atomic E-state index is -3.81. The summed E-state index contributed by atoms with van der Waals surface area (Å²) in [6, 6.07) is 8.68. The second-order valence-electron chi connectivity index (χ2n) is 4.34. The molecule has 8 heteroatoms. The largest absolute Gasteiger partial charge is 0.395 e. The molecule has 0 aliphatic carbocycles. The van der Waals surface area contributed by atoms with Crippen molar-refractivity contribution in [3.63, 3.8) is 0 Å². The fraction of sp³-hybridized carbons (Fsp3) is 0.250. The summed E-state index contributed by atoms with van der Waals surface area (Å²) in [5.74, 6) is -0.0334. The third-order valence-electron chi connectivity index (χ3n) is 2.79. The van der Waals surface area contributed by atoms with E-state index >= 15 is 0 Å². The molecule has 0 unspecified atom stereocenters. The van der Waals surface area contributed by atoms with Crippen LogP contribution in [0.5, 0.6) is 0 Å². The summed E-state index contributed by atoms with van der Waals surface area (Å²) in [5, 5.41) is 15.3. The van der Waals surface area contributed by atoms with E-state index < -0.39 is 16.1 Å². The smallest absolute Gasteiger partial charge is 0.246 e. The van der Waals surface area contributed by atoms with Gasteiger partial charge in [-0.3, -0.25) is 5.10 Å². The molecule has 1 aromatic heterocycles. The first kappa shape index (κ1) is 14.5. The highest BCUT2D eigenvalue weighted by atomic mass is 32.2. The van der Waals surface area contributed by atoms with Crippen LogP contribution in [0, 0.1) is 0 Å². The molecule has 108 valence electrons. The average Bonchev–Trinajstić information content (AvgIpc) is 2.86. The number of anilines is 1. The van der Waals surface area contributed by atoms with Crippen LogP contribution in [0.25, 0.3) is 0 Å². The maximum atomic E-state index is 12.1. The highest BCUT2D eigenvalue weighted by molar-refractivity contribution is 7.89. The van der Waals surface area contributed by atoms with Crippen molar-refractivity contribution in [2.75, 3.05) is 12.3 Å². The Morgan fingerprint density at radius 2 is 2.05 bits per heavy atom. The lowest BCUT2D eigenvalue weighted by molar-refractivity contribution is 0.256. The quantitative estimate of drug-likeness (QED) is 0.592. The Bertz CT molecular complexity index is 654. The Morgan fingerprint density at radius 3 is 2.60 bits per heavy atom. The van der Waals surface area contributed by atoms with E-state index in [1.807, 2.05) is 30.3 Å². The predicted octanol–water partition coefficient (Wildman–Crippen LogP) is -0.126. The third kappa shape index (κ3) is 3.35. The summed E-state index contributed by atoms with van der Waals surface area (Å²) in [7, 11) is -3.81. The van der Waals surface area contributed by atoms with Crippen LogP contribution in [0.3, 0.4) is 0 Å². The van der Waals surface area contributed by atoms with Gasteiger partial charge in [0.1, 0.15) is 10.7 Å². The van der Waals surface area contributed by atoms with Crippen LogP contribution in [0.2, 0.25) is 0 Å². The number of sulfonamides is 1. The summed E-state index contributed by atoms with van der Waals surface area (Å²) in [5.41, 5.74) is 6.42. The molecule has 1 heterocycles. The number of benzene rings is 1. The van der Waals surface area contributed by atoms with Gasteiger partial charge in [0, 0.05) is 6.04 Å². The number of aliphatic hydroxyl groups is 1. The topological polar surface area (TPSA) is 121 Å². The van der Waals surface area contributed by atoms with Gasteiger partial charge in [-0.1, -0.05) is 30.3 Å². The van der Waals surface area contributed by atoms with Crippen molar-refractivity contribution in [3.8, 4) is 0 Å². The molecule has 0 radical (unpaired) electrons. The number of rotatable bonds is 6.